The number of anilines is 2. The molecule has 112 valence electrons. The van der Waals surface area contributed by atoms with Gasteiger partial charge in [-0.05, 0) is 39.3 Å². The van der Waals surface area contributed by atoms with Gasteiger partial charge in [-0.1, -0.05) is 0 Å². The van der Waals surface area contributed by atoms with Gasteiger partial charge < -0.3 is 14.8 Å². The third-order valence-electron chi connectivity index (χ3n) is 2.24. The molecule has 0 saturated heterocycles. The highest BCUT2D eigenvalue weighted by molar-refractivity contribution is 5.84. The van der Waals surface area contributed by atoms with Crippen molar-refractivity contribution in [2.45, 2.75) is 32.8 Å². The van der Waals surface area contributed by atoms with Crippen LogP contribution in [0.1, 0.15) is 27.2 Å². The van der Waals surface area contributed by atoms with Crippen LogP contribution in [0.25, 0.3) is 0 Å². The third-order valence-corrected chi connectivity index (χ3v) is 2.24. The Bertz CT molecular complexity index is 413. The minimum Gasteiger partial charge on any atom is -0.444 e. The Labute approximate surface area is 119 Å². The molecule has 0 bridgehead atoms. The quantitative estimate of drug-likeness (QED) is 0.784. The van der Waals surface area contributed by atoms with Gasteiger partial charge in [0.25, 0.3) is 0 Å². The molecule has 1 aromatic rings. The molecular weight excluding hydrogens is 258 g/mol. The lowest BCUT2D eigenvalue weighted by Crippen LogP contribution is -2.27. The maximum atomic E-state index is 11.6. The molecule has 0 aromatic carbocycles. The van der Waals surface area contributed by atoms with Crippen molar-refractivity contribution in [1.29, 1.82) is 0 Å². The third kappa shape index (κ3) is 6.94. The summed E-state index contributed by atoms with van der Waals surface area (Å²) in [6, 6.07) is 3.58. The molecular formula is C14H23N3O3. The first-order valence-corrected chi connectivity index (χ1v) is 6.59. The molecule has 6 heteroatoms. The lowest BCUT2D eigenvalue weighted by Gasteiger charge is -2.19. The standard InChI is InChI=1S/C14H23N3O3/c1-14(2,3)20-13(18)17-11-6-7-12(16-10-11)15-8-5-9-19-4/h6-7,10H,5,8-9H2,1-4H3,(H,15,16)(H,17,18). The van der Waals surface area contributed by atoms with E-state index in [1.807, 2.05) is 20.8 Å². The fourth-order valence-electron chi connectivity index (χ4n) is 1.43. The molecule has 0 aliphatic rings. The van der Waals surface area contributed by atoms with Crippen LogP contribution in [0.4, 0.5) is 16.3 Å². The van der Waals surface area contributed by atoms with E-state index in [2.05, 4.69) is 15.6 Å². The van der Waals surface area contributed by atoms with Crippen LogP contribution in [-0.2, 0) is 9.47 Å². The minimum atomic E-state index is -0.514. The average Bonchev–Trinajstić information content (AvgIpc) is 2.34. The van der Waals surface area contributed by atoms with Crippen LogP contribution >= 0.6 is 0 Å². The van der Waals surface area contributed by atoms with E-state index in [0.717, 1.165) is 18.8 Å². The van der Waals surface area contributed by atoms with E-state index in [1.165, 1.54) is 0 Å². The first-order chi connectivity index (χ1) is 9.40. The molecule has 0 aliphatic carbocycles. The minimum absolute atomic E-state index is 0.486. The van der Waals surface area contributed by atoms with Crippen LogP contribution in [0, 0.1) is 0 Å². The maximum Gasteiger partial charge on any atom is 0.412 e. The van der Waals surface area contributed by atoms with Crippen molar-refractivity contribution in [2.24, 2.45) is 0 Å². The molecule has 1 amide bonds. The summed E-state index contributed by atoms with van der Waals surface area (Å²) in [6.07, 6.45) is 2.01. The normalized spacial score (nSPS) is 11.0. The molecule has 20 heavy (non-hydrogen) atoms. The zero-order valence-corrected chi connectivity index (χ0v) is 12.5. The molecule has 6 nitrogen and oxygen atoms in total. The van der Waals surface area contributed by atoms with Crippen molar-refractivity contribution in [1.82, 2.24) is 4.98 Å². The molecule has 1 aromatic heterocycles. The van der Waals surface area contributed by atoms with Gasteiger partial charge in [-0.2, -0.15) is 0 Å². The predicted octanol–water partition coefficient (Wildman–Crippen LogP) is 2.88. The van der Waals surface area contributed by atoms with Crippen LogP contribution in [0.2, 0.25) is 0 Å². The van der Waals surface area contributed by atoms with Gasteiger partial charge in [0.2, 0.25) is 0 Å². The predicted molar refractivity (Wildman–Crippen MR) is 79.1 cm³/mol. The van der Waals surface area contributed by atoms with E-state index in [9.17, 15) is 4.79 Å². The summed E-state index contributed by atoms with van der Waals surface area (Å²) in [5, 5.41) is 5.79. The van der Waals surface area contributed by atoms with E-state index < -0.39 is 11.7 Å². The summed E-state index contributed by atoms with van der Waals surface area (Å²) in [7, 11) is 1.68. The number of ether oxygens (including phenoxy) is 2. The van der Waals surface area contributed by atoms with E-state index in [4.69, 9.17) is 9.47 Å². The Balaban J connectivity index is 2.40. The highest BCUT2D eigenvalue weighted by Gasteiger charge is 2.16. The number of rotatable bonds is 6. The number of hydrogen-bond donors (Lipinski definition) is 2. The summed E-state index contributed by atoms with van der Waals surface area (Å²) >= 11 is 0. The summed E-state index contributed by atoms with van der Waals surface area (Å²) in [5.41, 5.74) is 0.0853. The second-order valence-corrected chi connectivity index (χ2v) is 5.33. The van der Waals surface area contributed by atoms with E-state index in [-0.39, 0.29) is 0 Å². The SMILES string of the molecule is COCCCNc1ccc(NC(=O)OC(C)(C)C)cn1. The van der Waals surface area contributed by atoms with Crippen LogP contribution in [0.3, 0.4) is 0 Å². The zero-order valence-electron chi connectivity index (χ0n) is 12.5. The van der Waals surface area contributed by atoms with Crippen molar-refractivity contribution in [3.05, 3.63) is 18.3 Å². The number of amides is 1. The fraction of sp³-hybridized carbons (Fsp3) is 0.571. The number of nitrogens with one attached hydrogen (secondary N) is 2. The van der Waals surface area contributed by atoms with Crippen LogP contribution in [0.15, 0.2) is 18.3 Å². The van der Waals surface area contributed by atoms with Crippen molar-refractivity contribution < 1.29 is 14.3 Å². The average molecular weight is 281 g/mol. The van der Waals surface area contributed by atoms with E-state index >= 15 is 0 Å². The topological polar surface area (TPSA) is 72.5 Å². The number of aromatic nitrogens is 1. The van der Waals surface area contributed by atoms with Gasteiger partial charge in [-0.15, -0.1) is 0 Å². The van der Waals surface area contributed by atoms with Gasteiger partial charge in [0.05, 0.1) is 11.9 Å². The Morgan fingerprint density at radius 1 is 1.35 bits per heavy atom. The Morgan fingerprint density at radius 2 is 2.10 bits per heavy atom. The van der Waals surface area contributed by atoms with Gasteiger partial charge >= 0.3 is 6.09 Å². The number of nitrogens with zero attached hydrogens (tertiary/aromatic N) is 1. The zero-order chi connectivity index (χ0) is 15.0. The lowest BCUT2D eigenvalue weighted by molar-refractivity contribution is 0.0636. The van der Waals surface area contributed by atoms with Crippen molar-refractivity contribution in [3.8, 4) is 0 Å². The Hall–Kier alpha value is -1.82. The van der Waals surface area contributed by atoms with Crippen molar-refractivity contribution in [3.63, 3.8) is 0 Å². The number of hydrogen-bond acceptors (Lipinski definition) is 5. The molecule has 2 N–H and O–H groups in total. The van der Waals surface area contributed by atoms with Crippen molar-refractivity contribution >= 4 is 17.6 Å². The van der Waals surface area contributed by atoms with E-state index in [1.54, 1.807) is 25.4 Å². The van der Waals surface area contributed by atoms with Crippen molar-refractivity contribution in [2.75, 3.05) is 30.9 Å². The number of methoxy groups -OCH3 is 1. The van der Waals surface area contributed by atoms with Gasteiger partial charge in [0.15, 0.2) is 0 Å². The summed E-state index contributed by atoms with van der Waals surface area (Å²) in [5.74, 6) is 0.760. The monoisotopic (exact) mass is 281 g/mol. The first kappa shape index (κ1) is 16.2. The highest BCUT2D eigenvalue weighted by Crippen LogP contribution is 2.12. The second kappa shape index (κ2) is 7.69. The molecule has 0 radical (unpaired) electrons. The number of carbonyl (C=O) groups is 1. The first-order valence-electron chi connectivity index (χ1n) is 6.59. The smallest absolute Gasteiger partial charge is 0.412 e. The summed E-state index contributed by atoms with van der Waals surface area (Å²) in [4.78, 5) is 15.8. The van der Waals surface area contributed by atoms with Gasteiger partial charge in [0.1, 0.15) is 11.4 Å². The van der Waals surface area contributed by atoms with E-state index in [0.29, 0.717) is 12.3 Å². The fourth-order valence-corrected chi connectivity index (χ4v) is 1.43. The molecule has 0 atom stereocenters. The molecule has 1 rings (SSSR count). The number of pyridine rings is 1. The number of carbonyl (C=O) groups excluding carboxylic acids is 1. The highest BCUT2D eigenvalue weighted by atomic mass is 16.6. The largest absolute Gasteiger partial charge is 0.444 e. The van der Waals surface area contributed by atoms with Gasteiger partial charge in [-0.25, -0.2) is 9.78 Å². The molecule has 0 spiro atoms. The summed E-state index contributed by atoms with van der Waals surface area (Å²) < 4.78 is 10.1. The molecule has 0 saturated carbocycles. The lowest BCUT2D eigenvalue weighted by atomic mass is 10.2. The molecule has 0 fully saturated rings. The molecule has 0 aliphatic heterocycles. The second-order valence-electron chi connectivity index (χ2n) is 5.33. The van der Waals surface area contributed by atoms with Gasteiger partial charge in [-0.3, -0.25) is 5.32 Å². The summed E-state index contributed by atoms with van der Waals surface area (Å²) in [6.45, 7) is 6.96. The Morgan fingerprint density at radius 3 is 2.65 bits per heavy atom. The molecule has 0 unspecified atom stereocenters. The maximum absolute atomic E-state index is 11.6. The molecule has 1 heterocycles. The Kier molecular flexibility index (Phi) is 6.24. The van der Waals surface area contributed by atoms with Crippen LogP contribution < -0.4 is 10.6 Å². The van der Waals surface area contributed by atoms with Gasteiger partial charge in [0, 0.05) is 20.3 Å². The van der Waals surface area contributed by atoms with Crippen LogP contribution in [0.5, 0.6) is 0 Å². The van der Waals surface area contributed by atoms with Crippen LogP contribution in [-0.4, -0.2) is 36.9 Å².